The van der Waals surface area contributed by atoms with Gasteiger partial charge in [-0.1, -0.05) is 30.3 Å². The Labute approximate surface area is 129 Å². The highest BCUT2D eigenvalue weighted by atomic mass is 16.5. The maximum absolute atomic E-state index is 5.36. The Morgan fingerprint density at radius 3 is 2.62 bits per heavy atom. The maximum atomic E-state index is 5.36. The van der Waals surface area contributed by atoms with Crippen LogP contribution in [0, 0.1) is 0 Å². The quantitative estimate of drug-likeness (QED) is 0.707. The molecule has 0 aromatic heterocycles. The number of piperidine rings is 1. The zero-order chi connectivity index (χ0) is 14.8. The molecule has 0 unspecified atom stereocenters. The Balaban J connectivity index is 1.54. The second-order valence-electron chi connectivity index (χ2n) is 5.89. The summed E-state index contributed by atoms with van der Waals surface area (Å²) in [5, 5.41) is 3.70. The smallest absolute Gasteiger partial charge is 0.0466 e. The summed E-state index contributed by atoms with van der Waals surface area (Å²) in [4.78, 5) is 2.57. The monoisotopic (exact) mass is 290 g/mol. The van der Waals surface area contributed by atoms with Crippen molar-refractivity contribution in [3.63, 3.8) is 0 Å². The lowest BCUT2D eigenvalue weighted by Crippen LogP contribution is -2.42. The Morgan fingerprint density at radius 1 is 1.14 bits per heavy atom. The van der Waals surface area contributed by atoms with Gasteiger partial charge in [-0.3, -0.25) is 4.90 Å². The Morgan fingerprint density at radius 2 is 1.90 bits per heavy atom. The number of ether oxygens (including phenoxy) is 1. The van der Waals surface area contributed by atoms with Crippen LogP contribution >= 0.6 is 0 Å². The van der Waals surface area contributed by atoms with Gasteiger partial charge >= 0.3 is 0 Å². The zero-order valence-electron chi connectivity index (χ0n) is 13.4. The third kappa shape index (κ3) is 6.60. The van der Waals surface area contributed by atoms with Crippen molar-refractivity contribution in [2.24, 2.45) is 0 Å². The molecule has 0 radical (unpaired) electrons. The van der Waals surface area contributed by atoms with E-state index in [1.165, 1.54) is 44.3 Å². The highest BCUT2D eigenvalue weighted by Crippen LogP contribution is 2.13. The summed E-state index contributed by atoms with van der Waals surface area (Å²) in [5.41, 5.74) is 1.43. The van der Waals surface area contributed by atoms with Crippen LogP contribution < -0.4 is 5.32 Å². The van der Waals surface area contributed by atoms with E-state index in [1.54, 1.807) is 0 Å². The van der Waals surface area contributed by atoms with Gasteiger partial charge in [-0.25, -0.2) is 0 Å². The summed E-state index contributed by atoms with van der Waals surface area (Å²) in [6, 6.07) is 11.5. The lowest BCUT2D eigenvalue weighted by molar-refractivity contribution is 0.142. The zero-order valence-corrected chi connectivity index (χ0v) is 13.4. The molecule has 0 saturated carbocycles. The van der Waals surface area contributed by atoms with Gasteiger partial charge in [0, 0.05) is 25.8 Å². The van der Waals surface area contributed by atoms with Crippen LogP contribution in [0.4, 0.5) is 0 Å². The number of hydrogen-bond donors (Lipinski definition) is 1. The van der Waals surface area contributed by atoms with Crippen molar-refractivity contribution in [1.29, 1.82) is 0 Å². The van der Waals surface area contributed by atoms with E-state index in [1.807, 2.05) is 0 Å². The molecule has 1 saturated heterocycles. The fourth-order valence-electron chi connectivity index (χ4n) is 2.92. The molecule has 21 heavy (non-hydrogen) atoms. The topological polar surface area (TPSA) is 24.5 Å². The highest BCUT2D eigenvalue weighted by Gasteiger charge is 2.18. The first-order valence-corrected chi connectivity index (χ1v) is 8.46. The van der Waals surface area contributed by atoms with Gasteiger partial charge in [-0.05, 0) is 57.8 Å². The average molecular weight is 290 g/mol. The molecule has 1 fully saturated rings. The second-order valence-corrected chi connectivity index (χ2v) is 5.89. The molecule has 0 bridgehead atoms. The fraction of sp³-hybridized carbons (Fsp3) is 0.667. The number of nitrogens with zero attached hydrogens (tertiary/aromatic N) is 1. The second kappa shape index (κ2) is 9.93. The average Bonchev–Trinajstić information content (AvgIpc) is 2.53. The van der Waals surface area contributed by atoms with Crippen LogP contribution in [0.15, 0.2) is 30.3 Å². The van der Waals surface area contributed by atoms with Crippen molar-refractivity contribution in [3.05, 3.63) is 35.9 Å². The van der Waals surface area contributed by atoms with Crippen LogP contribution in [0.3, 0.4) is 0 Å². The van der Waals surface area contributed by atoms with Crippen LogP contribution in [-0.2, 0) is 11.3 Å². The van der Waals surface area contributed by atoms with Crippen molar-refractivity contribution in [3.8, 4) is 0 Å². The molecule has 1 aliphatic heterocycles. The first-order valence-electron chi connectivity index (χ1n) is 8.46. The standard InChI is InChI=1S/C18H30N2O/c1-2-21-15-7-6-12-19-18-10-13-20(14-11-18)16-17-8-4-3-5-9-17/h3-5,8-9,18-19H,2,6-7,10-16H2,1H3. The Hall–Kier alpha value is -0.900. The van der Waals surface area contributed by atoms with E-state index in [9.17, 15) is 0 Å². The molecule has 1 aromatic rings. The molecular formula is C18H30N2O. The minimum atomic E-state index is 0.712. The first kappa shape index (κ1) is 16.5. The summed E-state index contributed by atoms with van der Waals surface area (Å²) in [6.07, 6.45) is 4.95. The molecule has 3 nitrogen and oxygen atoms in total. The third-order valence-corrected chi connectivity index (χ3v) is 4.19. The minimum absolute atomic E-state index is 0.712. The van der Waals surface area contributed by atoms with Crippen molar-refractivity contribution in [2.75, 3.05) is 32.8 Å². The SMILES string of the molecule is CCOCCCCNC1CCN(Cc2ccccc2)CC1. The Kier molecular flexibility index (Phi) is 7.79. The minimum Gasteiger partial charge on any atom is -0.382 e. The first-order chi connectivity index (χ1) is 10.4. The van der Waals surface area contributed by atoms with Crippen LogP contribution in [-0.4, -0.2) is 43.8 Å². The molecule has 118 valence electrons. The lowest BCUT2D eigenvalue weighted by atomic mass is 10.0. The molecule has 0 aliphatic carbocycles. The van der Waals surface area contributed by atoms with Crippen molar-refractivity contribution >= 4 is 0 Å². The summed E-state index contributed by atoms with van der Waals surface area (Å²) in [6.45, 7) is 8.47. The predicted octanol–water partition coefficient (Wildman–Crippen LogP) is 3.06. The molecule has 0 atom stereocenters. The van der Waals surface area contributed by atoms with Crippen LogP contribution in [0.5, 0.6) is 0 Å². The summed E-state index contributed by atoms with van der Waals surface area (Å²) < 4.78 is 5.36. The number of rotatable bonds is 9. The molecule has 0 spiro atoms. The highest BCUT2D eigenvalue weighted by molar-refractivity contribution is 5.14. The van der Waals surface area contributed by atoms with Crippen molar-refractivity contribution in [1.82, 2.24) is 10.2 Å². The van der Waals surface area contributed by atoms with E-state index in [2.05, 4.69) is 47.5 Å². The summed E-state index contributed by atoms with van der Waals surface area (Å²) in [5.74, 6) is 0. The lowest BCUT2D eigenvalue weighted by Gasteiger charge is -2.32. The number of likely N-dealkylation sites (tertiary alicyclic amines) is 1. The van der Waals surface area contributed by atoms with Gasteiger partial charge in [0.1, 0.15) is 0 Å². The van der Waals surface area contributed by atoms with Crippen LogP contribution in [0.2, 0.25) is 0 Å². The Bertz CT molecular complexity index is 361. The van der Waals surface area contributed by atoms with Gasteiger partial charge in [0.15, 0.2) is 0 Å². The van der Waals surface area contributed by atoms with E-state index < -0.39 is 0 Å². The number of nitrogens with one attached hydrogen (secondary N) is 1. The van der Waals surface area contributed by atoms with Gasteiger partial charge in [-0.15, -0.1) is 0 Å². The van der Waals surface area contributed by atoms with E-state index in [0.717, 1.165) is 26.3 Å². The van der Waals surface area contributed by atoms with Gasteiger partial charge in [0.05, 0.1) is 0 Å². The largest absolute Gasteiger partial charge is 0.382 e. The number of hydrogen-bond acceptors (Lipinski definition) is 3. The fourth-order valence-corrected chi connectivity index (χ4v) is 2.92. The van der Waals surface area contributed by atoms with E-state index in [0.29, 0.717) is 6.04 Å². The van der Waals surface area contributed by atoms with Gasteiger partial charge in [0.25, 0.3) is 0 Å². The predicted molar refractivity (Wildman–Crippen MR) is 88.5 cm³/mol. The molecule has 0 amide bonds. The molecule has 3 heteroatoms. The van der Waals surface area contributed by atoms with E-state index in [4.69, 9.17) is 4.74 Å². The van der Waals surface area contributed by atoms with Crippen LogP contribution in [0.25, 0.3) is 0 Å². The van der Waals surface area contributed by atoms with E-state index in [-0.39, 0.29) is 0 Å². The van der Waals surface area contributed by atoms with Crippen molar-refractivity contribution < 1.29 is 4.74 Å². The molecule has 1 aliphatic rings. The summed E-state index contributed by atoms with van der Waals surface area (Å²) in [7, 11) is 0. The molecule has 1 heterocycles. The molecule has 1 aromatic carbocycles. The molecule has 2 rings (SSSR count). The number of unbranched alkanes of at least 4 members (excludes halogenated alkanes) is 1. The van der Waals surface area contributed by atoms with Gasteiger partial charge in [0.2, 0.25) is 0 Å². The third-order valence-electron chi connectivity index (χ3n) is 4.19. The molecular weight excluding hydrogens is 260 g/mol. The summed E-state index contributed by atoms with van der Waals surface area (Å²) >= 11 is 0. The number of benzene rings is 1. The molecule has 1 N–H and O–H groups in total. The van der Waals surface area contributed by atoms with Crippen LogP contribution in [0.1, 0.15) is 38.2 Å². The van der Waals surface area contributed by atoms with Crippen molar-refractivity contribution in [2.45, 2.75) is 45.2 Å². The maximum Gasteiger partial charge on any atom is 0.0466 e. The normalized spacial score (nSPS) is 17.2. The van der Waals surface area contributed by atoms with Gasteiger partial charge in [-0.2, -0.15) is 0 Å². The van der Waals surface area contributed by atoms with Gasteiger partial charge < -0.3 is 10.1 Å². The van der Waals surface area contributed by atoms with E-state index >= 15 is 0 Å².